The summed E-state index contributed by atoms with van der Waals surface area (Å²) in [5, 5.41) is 8.92. The zero-order chi connectivity index (χ0) is 13.1. The Balaban J connectivity index is 2.09. The molecule has 0 amide bonds. The van der Waals surface area contributed by atoms with E-state index in [1.54, 1.807) is 12.1 Å². The van der Waals surface area contributed by atoms with E-state index < -0.39 is 0 Å². The van der Waals surface area contributed by atoms with Crippen LogP contribution in [0, 0.1) is 18.3 Å². The Bertz CT molecular complexity index is 457. The third kappa shape index (κ3) is 3.21. The van der Waals surface area contributed by atoms with Gasteiger partial charge in [0.2, 0.25) is 5.88 Å². The van der Waals surface area contributed by atoms with E-state index in [-0.39, 0.29) is 18.3 Å². The summed E-state index contributed by atoms with van der Waals surface area (Å²) in [5.41, 5.74) is 1.39. The number of ether oxygens (including phenoxy) is 2. The number of pyridine rings is 1. The van der Waals surface area contributed by atoms with Gasteiger partial charge in [0.05, 0.1) is 23.8 Å². The maximum atomic E-state index is 8.92. The van der Waals surface area contributed by atoms with E-state index >= 15 is 0 Å². The maximum absolute atomic E-state index is 8.92. The van der Waals surface area contributed by atoms with Gasteiger partial charge in [0.15, 0.2) is 0 Å². The third-order valence-corrected chi connectivity index (χ3v) is 3.00. The van der Waals surface area contributed by atoms with Gasteiger partial charge in [-0.1, -0.05) is 0 Å². The molecular weight excluding hydrogens is 228 g/mol. The van der Waals surface area contributed by atoms with Crippen molar-refractivity contribution >= 4 is 0 Å². The monoisotopic (exact) mass is 246 g/mol. The molecule has 0 radical (unpaired) electrons. The van der Waals surface area contributed by atoms with Crippen molar-refractivity contribution in [2.24, 2.45) is 0 Å². The highest BCUT2D eigenvalue weighted by Crippen LogP contribution is 2.23. The molecule has 1 saturated heterocycles. The number of nitrogens with zero attached hydrogens (tertiary/aromatic N) is 2. The van der Waals surface area contributed by atoms with Crippen LogP contribution in [0.3, 0.4) is 0 Å². The Morgan fingerprint density at radius 3 is 2.61 bits per heavy atom. The van der Waals surface area contributed by atoms with E-state index in [4.69, 9.17) is 14.7 Å². The van der Waals surface area contributed by atoms with Crippen LogP contribution in [0.2, 0.25) is 0 Å². The first-order valence-corrected chi connectivity index (χ1v) is 6.27. The summed E-state index contributed by atoms with van der Waals surface area (Å²) in [6, 6.07) is 5.56. The average Bonchev–Trinajstić information content (AvgIpc) is 2.26. The molecule has 96 valence electrons. The van der Waals surface area contributed by atoms with Crippen LogP contribution < -0.4 is 4.74 Å². The van der Waals surface area contributed by atoms with Gasteiger partial charge in [-0.2, -0.15) is 5.26 Å². The third-order valence-electron chi connectivity index (χ3n) is 3.00. The standard InChI is InChI=1S/C14H18N2O2/c1-9-4-12(8-15)7-14(16-9)18-13-5-10(2)17-11(3)6-13/h4,7,10-11,13H,5-6H2,1-3H3. The molecule has 1 aromatic heterocycles. The summed E-state index contributed by atoms with van der Waals surface area (Å²) in [7, 11) is 0. The average molecular weight is 246 g/mol. The van der Waals surface area contributed by atoms with E-state index in [1.165, 1.54) is 0 Å². The van der Waals surface area contributed by atoms with Crippen LogP contribution in [0.15, 0.2) is 12.1 Å². The van der Waals surface area contributed by atoms with Gasteiger partial charge in [-0.25, -0.2) is 4.98 Å². The van der Waals surface area contributed by atoms with Crippen LogP contribution in [0.1, 0.15) is 37.9 Å². The van der Waals surface area contributed by atoms with Crippen molar-refractivity contribution in [2.45, 2.75) is 51.9 Å². The van der Waals surface area contributed by atoms with Crippen molar-refractivity contribution in [3.8, 4) is 11.9 Å². The first-order chi connectivity index (χ1) is 8.56. The molecular formula is C14H18N2O2. The molecule has 0 saturated carbocycles. The molecule has 2 atom stereocenters. The Morgan fingerprint density at radius 1 is 1.33 bits per heavy atom. The quantitative estimate of drug-likeness (QED) is 0.804. The molecule has 18 heavy (non-hydrogen) atoms. The van der Waals surface area contributed by atoms with Crippen LogP contribution in [-0.4, -0.2) is 23.3 Å². The highest BCUT2D eigenvalue weighted by molar-refractivity contribution is 5.34. The largest absolute Gasteiger partial charge is 0.474 e. The zero-order valence-corrected chi connectivity index (χ0v) is 11.0. The molecule has 2 rings (SSSR count). The predicted octanol–water partition coefficient (Wildman–Crippen LogP) is 2.60. The van der Waals surface area contributed by atoms with E-state index in [0.29, 0.717) is 11.4 Å². The Labute approximate surface area is 108 Å². The van der Waals surface area contributed by atoms with Gasteiger partial charge in [0, 0.05) is 24.6 Å². The SMILES string of the molecule is Cc1cc(C#N)cc(OC2CC(C)OC(C)C2)n1. The minimum atomic E-state index is 0.115. The fraction of sp³-hybridized carbons (Fsp3) is 0.571. The number of rotatable bonds is 2. The van der Waals surface area contributed by atoms with Gasteiger partial charge in [-0.15, -0.1) is 0 Å². The Hall–Kier alpha value is -1.60. The molecule has 0 spiro atoms. The summed E-state index contributed by atoms with van der Waals surface area (Å²) >= 11 is 0. The normalized spacial score (nSPS) is 27.6. The van der Waals surface area contributed by atoms with Crippen molar-refractivity contribution in [3.63, 3.8) is 0 Å². The van der Waals surface area contributed by atoms with Crippen molar-refractivity contribution in [1.29, 1.82) is 5.26 Å². The molecule has 0 aliphatic carbocycles. The second-order valence-corrected chi connectivity index (χ2v) is 4.92. The van der Waals surface area contributed by atoms with Gasteiger partial charge < -0.3 is 9.47 Å². The molecule has 1 aliphatic rings. The molecule has 1 aromatic rings. The molecule has 4 nitrogen and oxygen atoms in total. The fourth-order valence-electron chi connectivity index (χ4n) is 2.37. The lowest BCUT2D eigenvalue weighted by atomic mass is 10.0. The lowest BCUT2D eigenvalue weighted by Crippen LogP contribution is -2.35. The molecule has 1 aliphatic heterocycles. The summed E-state index contributed by atoms with van der Waals surface area (Å²) in [6.45, 7) is 5.97. The summed E-state index contributed by atoms with van der Waals surface area (Å²) in [4.78, 5) is 4.31. The topological polar surface area (TPSA) is 55.1 Å². The molecule has 4 heteroatoms. The maximum Gasteiger partial charge on any atom is 0.215 e. The van der Waals surface area contributed by atoms with Crippen LogP contribution in [0.5, 0.6) is 5.88 Å². The number of nitriles is 1. The van der Waals surface area contributed by atoms with Crippen molar-refractivity contribution in [1.82, 2.24) is 4.98 Å². The van der Waals surface area contributed by atoms with E-state index in [9.17, 15) is 0 Å². The second-order valence-electron chi connectivity index (χ2n) is 4.92. The van der Waals surface area contributed by atoms with Crippen molar-refractivity contribution in [3.05, 3.63) is 23.4 Å². The van der Waals surface area contributed by atoms with Crippen LogP contribution >= 0.6 is 0 Å². The van der Waals surface area contributed by atoms with E-state index in [1.807, 2.05) is 6.92 Å². The number of aryl methyl sites for hydroxylation is 1. The smallest absolute Gasteiger partial charge is 0.215 e. The lowest BCUT2D eigenvalue weighted by molar-refractivity contribution is -0.0729. The zero-order valence-electron chi connectivity index (χ0n) is 11.0. The van der Waals surface area contributed by atoms with Crippen molar-refractivity contribution in [2.75, 3.05) is 0 Å². The fourth-order valence-corrected chi connectivity index (χ4v) is 2.37. The van der Waals surface area contributed by atoms with E-state index in [0.717, 1.165) is 18.5 Å². The van der Waals surface area contributed by atoms with Gasteiger partial charge in [0.25, 0.3) is 0 Å². The Kier molecular flexibility index (Phi) is 3.83. The highest BCUT2D eigenvalue weighted by atomic mass is 16.5. The van der Waals surface area contributed by atoms with Gasteiger partial charge in [-0.05, 0) is 26.8 Å². The molecule has 0 N–H and O–H groups in total. The van der Waals surface area contributed by atoms with Gasteiger partial charge in [-0.3, -0.25) is 0 Å². The molecule has 1 fully saturated rings. The first kappa shape index (κ1) is 12.8. The van der Waals surface area contributed by atoms with Crippen molar-refractivity contribution < 1.29 is 9.47 Å². The van der Waals surface area contributed by atoms with Crippen LogP contribution in [-0.2, 0) is 4.74 Å². The minimum absolute atomic E-state index is 0.115. The van der Waals surface area contributed by atoms with Crippen LogP contribution in [0.4, 0.5) is 0 Å². The van der Waals surface area contributed by atoms with Gasteiger partial charge in [0.1, 0.15) is 6.10 Å². The molecule has 2 heterocycles. The summed E-state index contributed by atoms with van der Waals surface area (Å²) in [6.07, 6.45) is 2.26. The molecule has 0 aromatic carbocycles. The minimum Gasteiger partial charge on any atom is -0.474 e. The molecule has 0 bridgehead atoms. The highest BCUT2D eigenvalue weighted by Gasteiger charge is 2.26. The first-order valence-electron chi connectivity index (χ1n) is 6.27. The van der Waals surface area contributed by atoms with E-state index in [2.05, 4.69) is 24.9 Å². The molecule has 2 unspecified atom stereocenters. The number of hydrogen-bond donors (Lipinski definition) is 0. The lowest BCUT2D eigenvalue weighted by Gasteiger charge is -2.31. The summed E-state index contributed by atoms with van der Waals surface area (Å²) < 4.78 is 11.5. The van der Waals surface area contributed by atoms with Gasteiger partial charge >= 0.3 is 0 Å². The second kappa shape index (κ2) is 5.36. The van der Waals surface area contributed by atoms with Crippen LogP contribution in [0.25, 0.3) is 0 Å². The number of aromatic nitrogens is 1. The Morgan fingerprint density at radius 2 is 2.00 bits per heavy atom. The number of hydrogen-bond acceptors (Lipinski definition) is 4. The predicted molar refractivity (Wildman–Crippen MR) is 67.3 cm³/mol. The summed E-state index contributed by atoms with van der Waals surface area (Å²) in [5.74, 6) is 0.540.